The Hall–Kier alpha value is -3.61. The summed E-state index contributed by atoms with van der Waals surface area (Å²) in [6.45, 7) is 0.318. The standard InChI is InChI=1S/C18H17N5O2/c19-18(25)20-12-13-6-8-14(9-7-13)17(24)21-16-10-11-23(22-16)15-4-2-1-3-5-15/h1-11H,12H2,(H3,19,20,25)(H,21,22,24). The SMILES string of the molecule is NC(=O)NCc1ccc(C(=O)Nc2ccn(-c3ccccc3)n2)cc1. The number of hydrogen-bond acceptors (Lipinski definition) is 3. The van der Waals surface area contributed by atoms with Crippen LogP contribution in [-0.4, -0.2) is 21.7 Å². The van der Waals surface area contributed by atoms with E-state index in [1.165, 1.54) is 0 Å². The average Bonchev–Trinajstić information content (AvgIpc) is 3.09. The van der Waals surface area contributed by atoms with Gasteiger partial charge in [-0.1, -0.05) is 30.3 Å². The number of nitrogens with zero attached hydrogens (tertiary/aromatic N) is 2. The van der Waals surface area contributed by atoms with Crippen LogP contribution in [0, 0.1) is 0 Å². The Morgan fingerprint density at radius 3 is 2.40 bits per heavy atom. The zero-order valence-electron chi connectivity index (χ0n) is 13.3. The Labute approximate surface area is 144 Å². The van der Waals surface area contributed by atoms with Gasteiger partial charge >= 0.3 is 6.03 Å². The molecule has 0 unspecified atom stereocenters. The first-order valence-electron chi connectivity index (χ1n) is 7.66. The number of carbonyl (C=O) groups excluding carboxylic acids is 2. The lowest BCUT2D eigenvalue weighted by atomic mass is 10.1. The topological polar surface area (TPSA) is 102 Å². The predicted molar refractivity (Wildman–Crippen MR) is 94.4 cm³/mol. The fourth-order valence-corrected chi connectivity index (χ4v) is 2.27. The van der Waals surface area contributed by atoms with Gasteiger partial charge in [-0.2, -0.15) is 5.10 Å². The number of carbonyl (C=O) groups is 2. The van der Waals surface area contributed by atoms with Crippen LogP contribution in [0.5, 0.6) is 0 Å². The van der Waals surface area contributed by atoms with Crippen molar-refractivity contribution < 1.29 is 9.59 Å². The number of anilines is 1. The highest BCUT2D eigenvalue weighted by atomic mass is 16.2. The summed E-state index contributed by atoms with van der Waals surface area (Å²) < 4.78 is 1.69. The number of para-hydroxylation sites is 1. The van der Waals surface area contributed by atoms with Crippen LogP contribution < -0.4 is 16.4 Å². The molecule has 1 aromatic heterocycles. The molecule has 0 fully saturated rings. The number of nitrogens with two attached hydrogens (primary N) is 1. The molecular formula is C18H17N5O2. The minimum Gasteiger partial charge on any atom is -0.352 e. The number of amides is 3. The van der Waals surface area contributed by atoms with Gasteiger partial charge < -0.3 is 16.4 Å². The van der Waals surface area contributed by atoms with E-state index in [9.17, 15) is 9.59 Å². The molecule has 0 spiro atoms. The third kappa shape index (κ3) is 4.23. The molecule has 7 nitrogen and oxygen atoms in total. The van der Waals surface area contributed by atoms with Gasteiger partial charge in [0.1, 0.15) is 0 Å². The van der Waals surface area contributed by atoms with E-state index in [1.807, 2.05) is 30.3 Å². The molecule has 0 aliphatic rings. The van der Waals surface area contributed by atoms with E-state index in [2.05, 4.69) is 15.7 Å². The third-order valence-corrected chi connectivity index (χ3v) is 3.53. The van der Waals surface area contributed by atoms with Gasteiger partial charge in [0.2, 0.25) is 0 Å². The van der Waals surface area contributed by atoms with E-state index in [-0.39, 0.29) is 5.91 Å². The summed E-state index contributed by atoms with van der Waals surface area (Å²) in [7, 11) is 0. The number of aromatic nitrogens is 2. The molecule has 1 heterocycles. The third-order valence-electron chi connectivity index (χ3n) is 3.53. The highest BCUT2D eigenvalue weighted by Gasteiger charge is 2.08. The van der Waals surface area contributed by atoms with Crippen LogP contribution in [0.3, 0.4) is 0 Å². The summed E-state index contributed by atoms with van der Waals surface area (Å²) in [6, 6.07) is 17.6. The molecule has 0 bridgehead atoms. The number of nitrogens with one attached hydrogen (secondary N) is 2. The van der Waals surface area contributed by atoms with Gasteiger partial charge in [-0.15, -0.1) is 0 Å². The van der Waals surface area contributed by atoms with Crippen LogP contribution in [0.25, 0.3) is 5.69 Å². The molecule has 7 heteroatoms. The largest absolute Gasteiger partial charge is 0.352 e. The van der Waals surface area contributed by atoms with Crippen molar-refractivity contribution in [1.29, 1.82) is 0 Å². The van der Waals surface area contributed by atoms with E-state index < -0.39 is 6.03 Å². The highest BCUT2D eigenvalue weighted by molar-refractivity contribution is 6.03. The first-order chi connectivity index (χ1) is 12.1. The summed E-state index contributed by atoms with van der Waals surface area (Å²) >= 11 is 0. The van der Waals surface area contributed by atoms with Crippen molar-refractivity contribution in [3.05, 3.63) is 78.0 Å². The maximum absolute atomic E-state index is 12.3. The van der Waals surface area contributed by atoms with Crippen LogP contribution in [0.1, 0.15) is 15.9 Å². The molecular weight excluding hydrogens is 318 g/mol. The molecule has 0 radical (unpaired) electrons. The maximum atomic E-state index is 12.3. The van der Waals surface area contributed by atoms with Crippen molar-refractivity contribution >= 4 is 17.8 Å². The lowest BCUT2D eigenvalue weighted by molar-refractivity contribution is 0.102. The Bertz CT molecular complexity index is 872. The monoisotopic (exact) mass is 335 g/mol. The second-order valence-corrected chi connectivity index (χ2v) is 5.35. The molecule has 3 aromatic rings. The number of urea groups is 1. The zero-order chi connectivity index (χ0) is 17.6. The van der Waals surface area contributed by atoms with Gasteiger partial charge in [0.05, 0.1) is 5.69 Å². The molecule has 0 aliphatic carbocycles. The fourth-order valence-electron chi connectivity index (χ4n) is 2.27. The molecule has 0 saturated carbocycles. The number of primary amides is 1. The minimum absolute atomic E-state index is 0.257. The summed E-state index contributed by atoms with van der Waals surface area (Å²) in [5.41, 5.74) is 7.28. The Morgan fingerprint density at radius 2 is 1.72 bits per heavy atom. The van der Waals surface area contributed by atoms with Gasteiger partial charge in [0, 0.05) is 24.4 Å². The van der Waals surface area contributed by atoms with Crippen LogP contribution in [-0.2, 0) is 6.54 Å². The maximum Gasteiger partial charge on any atom is 0.312 e. The quantitative estimate of drug-likeness (QED) is 0.666. The molecule has 0 atom stereocenters. The van der Waals surface area contributed by atoms with Crippen molar-refractivity contribution in [1.82, 2.24) is 15.1 Å². The van der Waals surface area contributed by atoms with E-state index in [4.69, 9.17) is 5.73 Å². The average molecular weight is 335 g/mol. The second-order valence-electron chi connectivity index (χ2n) is 5.35. The minimum atomic E-state index is -0.587. The smallest absolute Gasteiger partial charge is 0.312 e. The second kappa shape index (κ2) is 7.31. The Kier molecular flexibility index (Phi) is 4.75. The van der Waals surface area contributed by atoms with Gasteiger partial charge in [-0.3, -0.25) is 4.79 Å². The highest BCUT2D eigenvalue weighted by Crippen LogP contribution is 2.12. The molecule has 2 aromatic carbocycles. The van der Waals surface area contributed by atoms with Crippen molar-refractivity contribution in [2.45, 2.75) is 6.54 Å². The zero-order valence-corrected chi connectivity index (χ0v) is 13.3. The number of rotatable bonds is 5. The fraction of sp³-hybridized carbons (Fsp3) is 0.0556. The molecule has 0 saturated heterocycles. The summed E-state index contributed by atoms with van der Waals surface area (Å²) in [4.78, 5) is 23.0. The molecule has 0 aliphatic heterocycles. The lowest BCUT2D eigenvalue weighted by Crippen LogP contribution is -2.28. The molecule has 3 rings (SSSR count). The first kappa shape index (κ1) is 16.3. The lowest BCUT2D eigenvalue weighted by Gasteiger charge is -2.05. The van der Waals surface area contributed by atoms with E-state index in [1.54, 1.807) is 41.2 Å². The van der Waals surface area contributed by atoms with Crippen LogP contribution in [0.4, 0.5) is 10.6 Å². The number of benzene rings is 2. The van der Waals surface area contributed by atoms with Crippen molar-refractivity contribution in [3.63, 3.8) is 0 Å². The van der Waals surface area contributed by atoms with Crippen LogP contribution >= 0.6 is 0 Å². The summed E-state index contributed by atoms with van der Waals surface area (Å²) in [5.74, 6) is 0.209. The normalized spacial score (nSPS) is 10.2. The van der Waals surface area contributed by atoms with Crippen LogP contribution in [0.15, 0.2) is 66.9 Å². The molecule has 3 amide bonds. The Balaban J connectivity index is 1.64. The number of hydrogen-bond donors (Lipinski definition) is 3. The van der Waals surface area contributed by atoms with E-state index >= 15 is 0 Å². The van der Waals surface area contributed by atoms with Crippen LogP contribution in [0.2, 0.25) is 0 Å². The van der Waals surface area contributed by atoms with Gasteiger partial charge in [-0.25, -0.2) is 9.48 Å². The molecule has 126 valence electrons. The molecule has 25 heavy (non-hydrogen) atoms. The predicted octanol–water partition coefficient (Wildman–Crippen LogP) is 2.29. The Morgan fingerprint density at radius 1 is 1.00 bits per heavy atom. The first-order valence-corrected chi connectivity index (χ1v) is 7.66. The van der Waals surface area contributed by atoms with Gasteiger partial charge in [0.15, 0.2) is 5.82 Å². The van der Waals surface area contributed by atoms with Gasteiger partial charge in [0.25, 0.3) is 5.91 Å². The van der Waals surface area contributed by atoms with Crippen molar-refractivity contribution in [2.24, 2.45) is 5.73 Å². The van der Waals surface area contributed by atoms with E-state index in [0.717, 1.165) is 11.3 Å². The van der Waals surface area contributed by atoms with Crippen molar-refractivity contribution in [2.75, 3.05) is 5.32 Å². The molecule has 4 N–H and O–H groups in total. The van der Waals surface area contributed by atoms with Gasteiger partial charge in [-0.05, 0) is 29.8 Å². The summed E-state index contributed by atoms with van der Waals surface area (Å²) in [6.07, 6.45) is 1.78. The van der Waals surface area contributed by atoms with E-state index in [0.29, 0.717) is 17.9 Å². The van der Waals surface area contributed by atoms with Crippen molar-refractivity contribution in [3.8, 4) is 5.69 Å². The summed E-state index contributed by atoms with van der Waals surface area (Å²) in [5, 5.41) is 9.59.